The van der Waals surface area contributed by atoms with E-state index in [-0.39, 0.29) is 11.9 Å². The molecule has 1 amide bonds. The maximum Gasteiger partial charge on any atom is 0.265 e. The molecule has 0 bridgehead atoms. The monoisotopic (exact) mass is 281 g/mol. The normalized spacial score (nSPS) is 32.7. The Labute approximate surface area is 116 Å². The SMILES string of the molecule is CCc1nnsc1C(=O)N[C@H]1[C@H]2CCO[C@H]2[C@H]1CC. The number of amides is 1. The quantitative estimate of drug-likeness (QED) is 0.911. The molecule has 0 unspecified atom stereocenters. The van der Waals surface area contributed by atoms with Crippen LogP contribution in [0.1, 0.15) is 42.1 Å². The topological polar surface area (TPSA) is 64.1 Å². The molecule has 0 aromatic carbocycles. The summed E-state index contributed by atoms with van der Waals surface area (Å²) >= 11 is 1.19. The number of rotatable bonds is 4. The number of hydrogen-bond acceptors (Lipinski definition) is 5. The minimum absolute atomic E-state index is 0.0133. The van der Waals surface area contributed by atoms with Gasteiger partial charge < -0.3 is 10.1 Å². The van der Waals surface area contributed by atoms with Crippen LogP contribution < -0.4 is 5.32 Å². The van der Waals surface area contributed by atoms with E-state index >= 15 is 0 Å². The van der Waals surface area contributed by atoms with E-state index in [1.807, 2.05) is 6.92 Å². The molecule has 1 saturated heterocycles. The molecule has 1 aromatic rings. The molecule has 1 saturated carbocycles. The van der Waals surface area contributed by atoms with Gasteiger partial charge >= 0.3 is 0 Å². The van der Waals surface area contributed by atoms with Gasteiger partial charge in [0, 0.05) is 24.5 Å². The lowest BCUT2D eigenvalue weighted by atomic mass is 9.65. The Morgan fingerprint density at radius 3 is 3.11 bits per heavy atom. The smallest absolute Gasteiger partial charge is 0.265 e. The summed E-state index contributed by atoms with van der Waals surface area (Å²) in [5.41, 5.74) is 0.800. The van der Waals surface area contributed by atoms with Crippen molar-refractivity contribution in [3.8, 4) is 0 Å². The molecular formula is C13H19N3O2S. The first-order valence-electron chi connectivity index (χ1n) is 7.00. The predicted molar refractivity (Wildman–Crippen MR) is 72.2 cm³/mol. The van der Waals surface area contributed by atoms with Crippen LogP contribution in [0.25, 0.3) is 0 Å². The molecule has 2 fully saturated rings. The fourth-order valence-electron chi connectivity index (χ4n) is 3.36. The fraction of sp³-hybridized carbons (Fsp3) is 0.769. The van der Waals surface area contributed by atoms with Gasteiger partial charge in [0.05, 0.1) is 11.8 Å². The molecule has 2 heterocycles. The highest BCUT2D eigenvalue weighted by Gasteiger charge is 2.53. The second-order valence-corrected chi connectivity index (χ2v) is 6.02. The number of aromatic nitrogens is 2. The van der Waals surface area contributed by atoms with Gasteiger partial charge in [-0.2, -0.15) is 0 Å². The minimum atomic E-state index is -0.0133. The van der Waals surface area contributed by atoms with E-state index in [9.17, 15) is 4.79 Å². The van der Waals surface area contributed by atoms with Gasteiger partial charge in [0.2, 0.25) is 0 Å². The summed E-state index contributed by atoms with van der Waals surface area (Å²) in [5.74, 6) is 0.947. The maximum atomic E-state index is 12.3. The Morgan fingerprint density at radius 2 is 2.37 bits per heavy atom. The Morgan fingerprint density at radius 1 is 1.53 bits per heavy atom. The highest BCUT2D eigenvalue weighted by atomic mass is 32.1. The standard InChI is InChI=1S/C13H19N3O2S/c1-3-7-10(8-5-6-18-11(7)8)14-13(17)12-9(4-2)15-16-19-12/h7-8,10-11H,3-6H2,1-2H3,(H,14,17)/t7-,8+,10+,11-/m0/s1. The lowest BCUT2D eigenvalue weighted by molar-refractivity contribution is -0.0545. The number of hydrogen-bond donors (Lipinski definition) is 1. The molecule has 1 aromatic heterocycles. The summed E-state index contributed by atoms with van der Waals surface area (Å²) in [6.07, 6.45) is 3.22. The van der Waals surface area contributed by atoms with Crippen LogP contribution in [0.15, 0.2) is 0 Å². The third-order valence-corrected chi connectivity index (χ3v) is 5.16. The fourth-order valence-corrected chi connectivity index (χ4v) is 4.01. The van der Waals surface area contributed by atoms with Gasteiger partial charge in [-0.05, 0) is 30.8 Å². The van der Waals surface area contributed by atoms with Crippen LogP contribution in [-0.2, 0) is 11.2 Å². The lowest BCUT2D eigenvalue weighted by Crippen LogP contribution is -2.61. The van der Waals surface area contributed by atoms with Crippen molar-refractivity contribution < 1.29 is 9.53 Å². The molecule has 2 aliphatic rings. The van der Waals surface area contributed by atoms with Crippen molar-refractivity contribution in [1.82, 2.24) is 14.9 Å². The van der Waals surface area contributed by atoms with Crippen LogP contribution in [0.2, 0.25) is 0 Å². The number of carbonyl (C=O) groups excluding carboxylic acids is 1. The molecule has 5 nitrogen and oxygen atoms in total. The molecule has 4 atom stereocenters. The molecule has 1 N–H and O–H groups in total. The van der Waals surface area contributed by atoms with Gasteiger partial charge in [0.15, 0.2) is 0 Å². The molecule has 19 heavy (non-hydrogen) atoms. The van der Waals surface area contributed by atoms with Crippen molar-refractivity contribution in [1.29, 1.82) is 0 Å². The Hall–Kier alpha value is -1.01. The van der Waals surface area contributed by atoms with Crippen molar-refractivity contribution >= 4 is 17.4 Å². The number of fused-ring (bicyclic) bond motifs is 1. The van der Waals surface area contributed by atoms with E-state index in [0.29, 0.717) is 22.8 Å². The van der Waals surface area contributed by atoms with Crippen molar-refractivity contribution in [2.45, 2.75) is 45.3 Å². The van der Waals surface area contributed by atoms with E-state index in [2.05, 4.69) is 21.8 Å². The molecule has 6 heteroatoms. The van der Waals surface area contributed by atoms with Gasteiger partial charge in [-0.15, -0.1) is 5.10 Å². The maximum absolute atomic E-state index is 12.3. The first-order valence-corrected chi connectivity index (χ1v) is 7.77. The Kier molecular flexibility index (Phi) is 3.54. The molecule has 104 valence electrons. The summed E-state index contributed by atoms with van der Waals surface area (Å²) in [6.45, 7) is 4.99. The highest BCUT2D eigenvalue weighted by molar-refractivity contribution is 7.08. The summed E-state index contributed by atoms with van der Waals surface area (Å²) in [5, 5.41) is 7.17. The number of nitrogens with one attached hydrogen (secondary N) is 1. The van der Waals surface area contributed by atoms with Crippen LogP contribution in [0.4, 0.5) is 0 Å². The first kappa shape index (κ1) is 13.0. The number of ether oxygens (including phenoxy) is 1. The zero-order valence-corrected chi connectivity index (χ0v) is 12.1. The van der Waals surface area contributed by atoms with E-state index in [4.69, 9.17) is 4.74 Å². The molecular weight excluding hydrogens is 262 g/mol. The van der Waals surface area contributed by atoms with E-state index in [1.54, 1.807) is 0 Å². The van der Waals surface area contributed by atoms with Crippen molar-refractivity contribution in [2.24, 2.45) is 11.8 Å². The van der Waals surface area contributed by atoms with Crippen molar-refractivity contribution in [3.05, 3.63) is 10.6 Å². The number of carbonyl (C=O) groups is 1. The van der Waals surface area contributed by atoms with E-state index < -0.39 is 0 Å². The largest absolute Gasteiger partial charge is 0.377 e. The third-order valence-electron chi connectivity index (χ3n) is 4.39. The van der Waals surface area contributed by atoms with Crippen molar-refractivity contribution in [3.63, 3.8) is 0 Å². The summed E-state index contributed by atoms with van der Waals surface area (Å²) in [4.78, 5) is 13.0. The molecule has 1 aliphatic carbocycles. The van der Waals surface area contributed by atoms with Gasteiger partial charge in [-0.1, -0.05) is 18.3 Å². The lowest BCUT2D eigenvalue weighted by Gasteiger charge is -2.47. The Balaban J connectivity index is 1.69. The second kappa shape index (κ2) is 5.17. The molecule has 0 spiro atoms. The van der Waals surface area contributed by atoms with Crippen molar-refractivity contribution in [2.75, 3.05) is 6.61 Å². The average Bonchev–Trinajstić information content (AvgIpc) is 3.03. The summed E-state index contributed by atoms with van der Waals surface area (Å²) in [6, 6.07) is 0.261. The van der Waals surface area contributed by atoms with Crippen LogP contribution in [0.3, 0.4) is 0 Å². The van der Waals surface area contributed by atoms with E-state index in [1.165, 1.54) is 11.5 Å². The molecule has 1 aliphatic heterocycles. The van der Waals surface area contributed by atoms with Gasteiger partial charge in [0.1, 0.15) is 4.88 Å². The highest BCUT2D eigenvalue weighted by Crippen LogP contribution is 2.45. The molecule has 0 radical (unpaired) electrons. The van der Waals surface area contributed by atoms with Gasteiger partial charge in [-0.25, -0.2) is 0 Å². The number of nitrogens with zero attached hydrogens (tertiary/aromatic N) is 2. The zero-order chi connectivity index (χ0) is 13.4. The van der Waals surface area contributed by atoms with E-state index in [0.717, 1.165) is 31.6 Å². The van der Waals surface area contributed by atoms with Gasteiger partial charge in [-0.3, -0.25) is 4.79 Å². The van der Waals surface area contributed by atoms with Crippen LogP contribution in [0.5, 0.6) is 0 Å². The van der Waals surface area contributed by atoms with Gasteiger partial charge in [0.25, 0.3) is 5.91 Å². The minimum Gasteiger partial charge on any atom is -0.377 e. The average molecular weight is 281 g/mol. The Bertz CT molecular complexity index is 476. The predicted octanol–water partition coefficient (Wildman–Crippen LogP) is 1.64. The third kappa shape index (κ3) is 2.07. The second-order valence-electron chi connectivity index (χ2n) is 5.26. The first-order chi connectivity index (χ1) is 9.26. The summed E-state index contributed by atoms with van der Waals surface area (Å²) < 4.78 is 9.61. The van der Waals surface area contributed by atoms with Crippen LogP contribution in [-0.4, -0.2) is 34.2 Å². The van der Waals surface area contributed by atoms with Crippen LogP contribution >= 0.6 is 11.5 Å². The summed E-state index contributed by atoms with van der Waals surface area (Å²) in [7, 11) is 0. The molecule has 3 rings (SSSR count). The zero-order valence-electron chi connectivity index (χ0n) is 11.3. The number of aryl methyl sites for hydroxylation is 1. The van der Waals surface area contributed by atoms with Crippen LogP contribution in [0, 0.1) is 11.8 Å².